The van der Waals surface area contributed by atoms with Gasteiger partial charge in [0.1, 0.15) is 0 Å². The predicted molar refractivity (Wildman–Crippen MR) is 78.1 cm³/mol. The third-order valence-electron chi connectivity index (χ3n) is 3.10. The van der Waals surface area contributed by atoms with Gasteiger partial charge in [0.15, 0.2) is 11.5 Å². The fraction of sp³-hybridized carbons (Fsp3) is 0.312. The highest BCUT2D eigenvalue weighted by molar-refractivity contribution is 5.56. The molecule has 104 valence electrons. The van der Waals surface area contributed by atoms with Gasteiger partial charge < -0.3 is 14.8 Å². The number of fused-ring (bicyclic) bond motifs is 1. The van der Waals surface area contributed by atoms with Crippen molar-refractivity contribution in [1.29, 1.82) is 0 Å². The minimum Gasteiger partial charge on any atom is -0.449 e. The summed E-state index contributed by atoms with van der Waals surface area (Å²) < 4.78 is 11.4. The van der Waals surface area contributed by atoms with Gasteiger partial charge in [-0.15, -0.1) is 0 Å². The maximum atomic E-state index is 5.72. The Morgan fingerprint density at radius 2 is 1.90 bits per heavy atom. The van der Waals surface area contributed by atoms with E-state index in [0.29, 0.717) is 6.54 Å². The molecular formula is C16H18N2O2. The van der Waals surface area contributed by atoms with Crippen LogP contribution in [-0.4, -0.2) is 10.8 Å². The standard InChI is InChI=1S/C16H18N2O2/c1-11-4-5-13(17-9-11)10-18-12-6-7-14-15(8-12)20-16(2,3)19-14/h4-9,18H,10H2,1-3H3. The van der Waals surface area contributed by atoms with Crippen LogP contribution in [-0.2, 0) is 6.54 Å². The zero-order chi connectivity index (χ0) is 14.2. The van der Waals surface area contributed by atoms with Gasteiger partial charge in [-0.05, 0) is 30.7 Å². The van der Waals surface area contributed by atoms with E-state index in [2.05, 4.69) is 16.4 Å². The van der Waals surface area contributed by atoms with E-state index in [9.17, 15) is 0 Å². The molecule has 4 heteroatoms. The molecule has 1 N–H and O–H groups in total. The number of aromatic nitrogens is 1. The van der Waals surface area contributed by atoms with E-state index in [4.69, 9.17) is 9.47 Å². The molecule has 0 amide bonds. The van der Waals surface area contributed by atoms with Gasteiger partial charge >= 0.3 is 0 Å². The van der Waals surface area contributed by atoms with Crippen LogP contribution >= 0.6 is 0 Å². The maximum absolute atomic E-state index is 5.72. The van der Waals surface area contributed by atoms with Crippen molar-refractivity contribution in [2.24, 2.45) is 0 Å². The summed E-state index contributed by atoms with van der Waals surface area (Å²) in [6, 6.07) is 9.95. The van der Waals surface area contributed by atoms with Crippen molar-refractivity contribution in [3.05, 3.63) is 47.8 Å². The van der Waals surface area contributed by atoms with Gasteiger partial charge in [0.2, 0.25) is 5.79 Å². The van der Waals surface area contributed by atoms with Gasteiger partial charge in [-0.25, -0.2) is 0 Å². The molecule has 3 rings (SSSR count). The van der Waals surface area contributed by atoms with E-state index in [0.717, 1.165) is 22.9 Å². The lowest BCUT2D eigenvalue weighted by Crippen LogP contribution is -2.29. The summed E-state index contributed by atoms with van der Waals surface area (Å²) in [5, 5.41) is 3.34. The summed E-state index contributed by atoms with van der Waals surface area (Å²) in [7, 11) is 0. The molecule has 2 heterocycles. The number of ether oxygens (including phenoxy) is 2. The molecular weight excluding hydrogens is 252 g/mol. The highest BCUT2D eigenvalue weighted by Gasteiger charge is 2.31. The van der Waals surface area contributed by atoms with E-state index in [1.807, 2.05) is 51.2 Å². The van der Waals surface area contributed by atoms with Crippen LogP contribution in [0.2, 0.25) is 0 Å². The Labute approximate surface area is 118 Å². The number of hydrogen-bond donors (Lipinski definition) is 1. The molecule has 20 heavy (non-hydrogen) atoms. The van der Waals surface area contributed by atoms with Crippen molar-refractivity contribution in [1.82, 2.24) is 4.98 Å². The van der Waals surface area contributed by atoms with Crippen LogP contribution < -0.4 is 14.8 Å². The number of rotatable bonds is 3. The molecule has 0 radical (unpaired) electrons. The molecule has 1 aromatic carbocycles. The third kappa shape index (κ3) is 2.69. The van der Waals surface area contributed by atoms with Crippen LogP contribution in [0.15, 0.2) is 36.5 Å². The number of nitrogens with zero attached hydrogens (tertiary/aromatic N) is 1. The van der Waals surface area contributed by atoms with Crippen LogP contribution in [0.4, 0.5) is 5.69 Å². The van der Waals surface area contributed by atoms with E-state index in [1.165, 1.54) is 5.56 Å². The van der Waals surface area contributed by atoms with Crippen molar-refractivity contribution in [3.63, 3.8) is 0 Å². The summed E-state index contributed by atoms with van der Waals surface area (Å²) >= 11 is 0. The molecule has 0 unspecified atom stereocenters. The molecule has 0 saturated carbocycles. The van der Waals surface area contributed by atoms with Crippen molar-refractivity contribution >= 4 is 5.69 Å². The van der Waals surface area contributed by atoms with E-state index >= 15 is 0 Å². The number of aryl methyl sites for hydroxylation is 1. The summed E-state index contributed by atoms with van der Waals surface area (Å²) in [5.74, 6) is 0.977. The molecule has 1 aliphatic heterocycles. The number of hydrogen-bond acceptors (Lipinski definition) is 4. The summed E-state index contributed by atoms with van der Waals surface area (Å²) in [5.41, 5.74) is 3.17. The first-order valence-corrected chi connectivity index (χ1v) is 6.69. The number of pyridine rings is 1. The van der Waals surface area contributed by atoms with E-state index < -0.39 is 5.79 Å². The van der Waals surface area contributed by atoms with Gasteiger partial charge in [-0.1, -0.05) is 6.07 Å². The largest absolute Gasteiger partial charge is 0.449 e. The monoisotopic (exact) mass is 270 g/mol. The molecule has 1 aliphatic rings. The SMILES string of the molecule is Cc1ccc(CNc2ccc3c(c2)OC(C)(C)O3)nc1. The Bertz CT molecular complexity index is 621. The van der Waals surface area contributed by atoms with Crippen molar-refractivity contribution < 1.29 is 9.47 Å². The van der Waals surface area contributed by atoms with Crippen LogP contribution in [0.3, 0.4) is 0 Å². The van der Waals surface area contributed by atoms with Crippen LogP contribution in [0, 0.1) is 6.92 Å². The van der Waals surface area contributed by atoms with E-state index in [-0.39, 0.29) is 0 Å². The van der Waals surface area contributed by atoms with Crippen molar-refractivity contribution in [2.75, 3.05) is 5.32 Å². The van der Waals surface area contributed by atoms with E-state index in [1.54, 1.807) is 0 Å². The smallest absolute Gasteiger partial charge is 0.246 e. The van der Waals surface area contributed by atoms with Gasteiger partial charge in [0, 0.05) is 31.8 Å². The normalized spacial score (nSPS) is 15.2. The maximum Gasteiger partial charge on any atom is 0.246 e. The fourth-order valence-electron chi connectivity index (χ4n) is 2.13. The molecule has 0 spiro atoms. The van der Waals surface area contributed by atoms with Gasteiger partial charge in [-0.2, -0.15) is 0 Å². The lowest BCUT2D eigenvalue weighted by atomic mass is 10.2. The first-order valence-electron chi connectivity index (χ1n) is 6.69. The Morgan fingerprint density at radius 1 is 1.10 bits per heavy atom. The quantitative estimate of drug-likeness (QED) is 0.927. The molecule has 0 aliphatic carbocycles. The highest BCUT2D eigenvalue weighted by Crippen LogP contribution is 2.40. The van der Waals surface area contributed by atoms with Crippen molar-refractivity contribution in [3.8, 4) is 11.5 Å². The molecule has 1 aromatic heterocycles. The molecule has 0 fully saturated rings. The Kier molecular flexibility index (Phi) is 3.01. The van der Waals surface area contributed by atoms with Gasteiger partial charge in [-0.3, -0.25) is 4.98 Å². The average molecular weight is 270 g/mol. The van der Waals surface area contributed by atoms with Crippen LogP contribution in [0.1, 0.15) is 25.1 Å². The Hall–Kier alpha value is -2.23. The van der Waals surface area contributed by atoms with Crippen molar-refractivity contribution in [2.45, 2.75) is 33.1 Å². The molecule has 4 nitrogen and oxygen atoms in total. The zero-order valence-corrected chi connectivity index (χ0v) is 11.9. The molecule has 0 atom stereocenters. The lowest BCUT2D eigenvalue weighted by molar-refractivity contribution is -0.0431. The predicted octanol–water partition coefficient (Wildman–Crippen LogP) is 3.51. The van der Waals surface area contributed by atoms with Gasteiger partial charge in [0.05, 0.1) is 12.2 Å². The van der Waals surface area contributed by atoms with Crippen LogP contribution in [0.25, 0.3) is 0 Å². The average Bonchev–Trinajstić information content (AvgIpc) is 2.71. The topological polar surface area (TPSA) is 43.4 Å². The molecule has 0 saturated heterocycles. The molecule has 0 bridgehead atoms. The first kappa shape index (κ1) is 12.8. The minimum atomic E-state index is -0.584. The lowest BCUT2D eigenvalue weighted by Gasteiger charge is -2.16. The molecule has 2 aromatic rings. The number of anilines is 1. The highest BCUT2D eigenvalue weighted by atomic mass is 16.7. The van der Waals surface area contributed by atoms with Crippen LogP contribution in [0.5, 0.6) is 11.5 Å². The zero-order valence-electron chi connectivity index (χ0n) is 11.9. The van der Waals surface area contributed by atoms with Gasteiger partial charge in [0.25, 0.3) is 0 Å². The Balaban J connectivity index is 1.69. The summed E-state index contributed by atoms with van der Waals surface area (Å²) in [6.45, 7) is 6.51. The first-order chi connectivity index (χ1) is 9.52. The Morgan fingerprint density at radius 3 is 2.65 bits per heavy atom. The summed E-state index contributed by atoms with van der Waals surface area (Å²) in [4.78, 5) is 4.37. The number of benzene rings is 1. The summed E-state index contributed by atoms with van der Waals surface area (Å²) in [6.07, 6.45) is 1.87. The fourth-order valence-corrected chi connectivity index (χ4v) is 2.13. The minimum absolute atomic E-state index is 0.584. The second kappa shape index (κ2) is 4.71. The number of nitrogens with one attached hydrogen (secondary N) is 1. The second-order valence-corrected chi connectivity index (χ2v) is 5.45. The third-order valence-corrected chi connectivity index (χ3v) is 3.10. The second-order valence-electron chi connectivity index (χ2n) is 5.45.